The van der Waals surface area contributed by atoms with Crippen LogP contribution in [0.3, 0.4) is 0 Å². The summed E-state index contributed by atoms with van der Waals surface area (Å²) in [7, 11) is 2.06. The molecular formula is C17H20BrClN2. The summed E-state index contributed by atoms with van der Waals surface area (Å²) in [5.74, 6) is 0. The molecule has 0 saturated carbocycles. The van der Waals surface area contributed by atoms with E-state index >= 15 is 0 Å². The second-order valence-electron chi connectivity index (χ2n) is 5.37. The Morgan fingerprint density at radius 2 is 1.76 bits per heavy atom. The van der Waals surface area contributed by atoms with Crippen LogP contribution in [-0.2, 0) is 0 Å². The van der Waals surface area contributed by atoms with Crippen molar-refractivity contribution in [3.05, 3.63) is 62.6 Å². The highest BCUT2D eigenvalue weighted by Crippen LogP contribution is 2.32. The third-order valence-corrected chi connectivity index (χ3v) is 4.45. The minimum atomic E-state index is 0.0480. The molecule has 2 nitrogen and oxygen atoms in total. The summed E-state index contributed by atoms with van der Waals surface area (Å²) >= 11 is 9.82. The number of hydrogen-bond acceptors (Lipinski definition) is 2. The highest BCUT2D eigenvalue weighted by atomic mass is 79.9. The smallest absolute Gasteiger partial charge is 0.0676 e. The lowest BCUT2D eigenvalue weighted by Gasteiger charge is -2.30. The Bertz CT molecular complexity index is 622. The van der Waals surface area contributed by atoms with Gasteiger partial charge in [0.15, 0.2) is 0 Å². The SMILES string of the molecule is Cc1cc(C)cc(N(C)C(CN)c2ccc(Br)cc2Cl)c1. The lowest BCUT2D eigenvalue weighted by Crippen LogP contribution is -2.30. The number of likely N-dealkylation sites (N-methyl/N-ethyl adjacent to an activating group) is 1. The number of nitrogens with zero attached hydrogens (tertiary/aromatic N) is 1. The highest BCUT2D eigenvalue weighted by molar-refractivity contribution is 9.10. The summed E-state index contributed by atoms with van der Waals surface area (Å²) in [4.78, 5) is 2.19. The first kappa shape index (κ1) is 16.3. The first-order valence-electron chi connectivity index (χ1n) is 6.88. The van der Waals surface area contributed by atoms with E-state index in [9.17, 15) is 0 Å². The number of hydrogen-bond donors (Lipinski definition) is 1. The van der Waals surface area contributed by atoms with Gasteiger partial charge < -0.3 is 10.6 Å². The predicted molar refractivity (Wildman–Crippen MR) is 95.3 cm³/mol. The standard InChI is InChI=1S/C17H20BrClN2/c1-11-6-12(2)8-14(7-11)21(3)17(10-20)15-5-4-13(18)9-16(15)19/h4-9,17H,10,20H2,1-3H3. The number of halogens is 2. The topological polar surface area (TPSA) is 29.3 Å². The third kappa shape index (κ3) is 3.79. The van der Waals surface area contributed by atoms with E-state index in [0.29, 0.717) is 6.54 Å². The summed E-state index contributed by atoms with van der Waals surface area (Å²) in [6.07, 6.45) is 0. The van der Waals surface area contributed by atoms with Crippen LogP contribution in [0.5, 0.6) is 0 Å². The summed E-state index contributed by atoms with van der Waals surface area (Å²) in [5.41, 5.74) is 10.7. The van der Waals surface area contributed by atoms with Gasteiger partial charge in [0.1, 0.15) is 0 Å². The summed E-state index contributed by atoms with van der Waals surface area (Å²) in [6, 6.07) is 12.5. The van der Waals surface area contributed by atoms with Crippen LogP contribution >= 0.6 is 27.5 Å². The molecule has 0 radical (unpaired) electrons. The molecule has 4 heteroatoms. The molecule has 0 aliphatic heterocycles. The van der Waals surface area contributed by atoms with E-state index in [1.54, 1.807) is 0 Å². The van der Waals surface area contributed by atoms with Crippen molar-refractivity contribution in [2.24, 2.45) is 5.73 Å². The van der Waals surface area contributed by atoms with Crippen LogP contribution < -0.4 is 10.6 Å². The van der Waals surface area contributed by atoms with Crippen molar-refractivity contribution in [2.45, 2.75) is 19.9 Å². The molecule has 1 unspecified atom stereocenters. The lowest BCUT2D eigenvalue weighted by molar-refractivity contribution is 0.680. The number of aryl methyl sites for hydroxylation is 2. The van der Waals surface area contributed by atoms with Gasteiger partial charge >= 0.3 is 0 Å². The van der Waals surface area contributed by atoms with Gasteiger partial charge in [-0.1, -0.05) is 39.7 Å². The van der Waals surface area contributed by atoms with Gasteiger partial charge in [-0.05, 0) is 54.8 Å². The summed E-state index contributed by atoms with van der Waals surface area (Å²) < 4.78 is 0.973. The van der Waals surface area contributed by atoms with Crippen molar-refractivity contribution < 1.29 is 0 Å². The maximum absolute atomic E-state index is 6.38. The maximum Gasteiger partial charge on any atom is 0.0676 e. The molecule has 0 bridgehead atoms. The zero-order chi connectivity index (χ0) is 15.6. The van der Waals surface area contributed by atoms with Crippen molar-refractivity contribution in [2.75, 3.05) is 18.5 Å². The molecule has 21 heavy (non-hydrogen) atoms. The first-order chi connectivity index (χ1) is 9.92. The van der Waals surface area contributed by atoms with Gasteiger partial charge in [0, 0.05) is 28.8 Å². The third-order valence-electron chi connectivity index (χ3n) is 3.63. The molecule has 0 aromatic heterocycles. The molecule has 0 fully saturated rings. The summed E-state index contributed by atoms with van der Waals surface area (Å²) in [5, 5.41) is 0.732. The largest absolute Gasteiger partial charge is 0.366 e. The fourth-order valence-electron chi connectivity index (χ4n) is 2.60. The maximum atomic E-state index is 6.38. The molecule has 2 rings (SSSR count). The summed E-state index contributed by atoms with van der Waals surface area (Å²) in [6.45, 7) is 4.72. The molecule has 2 N–H and O–H groups in total. The minimum Gasteiger partial charge on any atom is -0.366 e. The van der Waals surface area contributed by atoms with Crippen LogP contribution in [0.1, 0.15) is 22.7 Å². The van der Waals surface area contributed by atoms with Crippen LogP contribution in [0.4, 0.5) is 5.69 Å². The van der Waals surface area contributed by atoms with E-state index in [-0.39, 0.29) is 6.04 Å². The van der Waals surface area contributed by atoms with Crippen LogP contribution in [0, 0.1) is 13.8 Å². The molecule has 0 saturated heterocycles. The fourth-order valence-corrected chi connectivity index (χ4v) is 3.40. The Hall–Kier alpha value is -1.03. The van der Waals surface area contributed by atoms with Gasteiger partial charge in [-0.2, -0.15) is 0 Å². The Morgan fingerprint density at radius 1 is 1.14 bits per heavy atom. The van der Waals surface area contributed by atoms with E-state index in [0.717, 1.165) is 20.7 Å². The molecule has 2 aromatic rings. The number of nitrogens with two attached hydrogens (primary N) is 1. The highest BCUT2D eigenvalue weighted by Gasteiger charge is 2.19. The number of anilines is 1. The zero-order valence-corrected chi connectivity index (χ0v) is 14.9. The number of rotatable bonds is 4. The van der Waals surface area contributed by atoms with Crippen molar-refractivity contribution in [3.8, 4) is 0 Å². The van der Waals surface area contributed by atoms with Crippen LogP contribution in [0.15, 0.2) is 40.9 Å². The molecule has 1 atom stereocenters. The van der Waals surface area contributed by atoms with Crippen LogP contribution in [0.2, 0.25) is 5.02 Å². The van der Waals surface area contributed by atoms with Gasteiger partial charge in [0.2, 0.25) is 0 Å². The Labute approximate surface area is 140 Å². The molecule has 0 amide bonds. The van der Waals surface area contributed by atoms with Crippen molar-refractivity contribution in [1.29, 1.82) is 0 Å². The van der Waals surface area contributed by atoms with E-state index in [2.05, 4.69) is 59.9 Å². The van der Waals surface area contributed by atoms with E-state index in [4.69, 9.17) is 17.3 Å². The lowest BCUT2D eigenvalue weighted by atomic mass is 10.0. The fraction of sp³-hybridized carbons (Fsp3) is 0.294. The normalized spacial score (nSPS) is 12.3. The quantitative estimate of drug-likeness (QED) is 0.836. The average molecular weight is 368 g/mol. The average Bonchev–Trinajstić information content (AvgIpc) is 2.40. The van der Waals surface area contributed by atoms with Gasteiger partial charge in [-0.3, -0.25) is 0 Å². The van der Waals surface area contributed by atoms with Crippen molar-refractivity contribution in [1.82, 2.24) is 0 Å². The van der Waals surface area contributed by atoms with Crippen molar-refractivity contribution in [3.63, 3.8) is 0 Å². The van der Waals surface area contributed by atoms with Gasteiger partial charge in [0.05, 0.1) is 6.04 Å². The van der Waals surface area contributed by atoms with Gasteiger partial charge in [-0.25, -0.2) is 0 Å². The molecule has 112 valence electrons. The molecule has 0 spiro atoms. The predicted octanol–water partition coefficient (Wildman–Crippen LogP) is 4.86. The Morgan fingerprint density at radius 3 is 2.29 bits per heavy atom. The van der Waals surface area contributed by atoms with E-state index < -0.39 is 0 Å². The second kappa shape index (κ2) is 6.82. The first-order valence-corrected chi connectivity index (χ1v) is 8.05. The Balaban J connectivity index is 2.40. The van der Waals surface area contributed by atoms with Crippen LogP contribution in [-0.4, -0.2) is 13.6 Å². The monoisotopic (exact) mass is 366 g/mol. The second-order valence-corrected chi connectivity index (χ2v) is 6.70. The molecule has 0 heterocycles. The van der Waals surface area contributed by atoms with Gasteiger partial charge in [-0.15, -0.1) is 0 Å². The minimum absolute atomic E-state index is 0.0480. The number of benzene rings is 2. The van der Waals surface area contributed by atoms with Crippen LogP contribution in [0.25, 0.3) is 0 Å². The van der Waals surface area contributed by atoms with Gasteiger partial charge in [0.25, 0.3) is 0 Å². The molecule has 2 aromatic carbocycles. The van der Waals surface area contributed by atoms with Crippen molar-refractivity contribution >= 4 is 33.2 Å². The van der Waals surface area contributed by atoms with E-state index in [1.165, 1.54) is 11.1 Å². The zero-order valence-electron chi connectivity index (χ0n) is 12.5. The Kier molecular flexibility index (Phi) is 5.31. The molecule has 0 aliphatic carbocycles. The molecule has 0 aliphatic rings. The molecular weight excluding hydrogens is 348 g/mol. The van der Waals surface area contributed by atoms with E-state index in [1.807, 2.05) is 18.2 Å².